The number of rotatable bonds is 8. The van der Waals surface area contributed by atoms with Crippen LogP contribution < -0.4 is 15.0 Å². The highest BCUT2D eigenvalue weighted by Crippen LogP contribution is 2.19. The average molecular weight is 412 g/mol. The average Bonchev–Trinajstić information content (AvgIpc) is 2.79. The molecule has 0 saturated carbocycles. The van der Waals surface area contributed by atoms with Gasteiger partial charge < -0.3 is 24.6 Å². The van der Waals surface area contributed by atoms with Gasteiger partial charge in [-0.3, -0.25) is 9.59 Å². The Morgan fingerprint density at radius 1 is 1.07 bits per heavy atom. The Bertz CT molecular complexity index is 831. The lowest BCUT2D eigenvalue weighted by molar-refractivity contribution is -0.133. The smallest absolute Gasteiger partial charge is 0.243 e. The fourth-order valence-electron chi connectivity index (χ4n) is 3.36. The quantitative estimate of drug-likeness (QED) is 0.723. The van der Waals surface area contributed by atoms with Crippen LogP contribution in [0.1, 0.15) is 12.5 Å². The van der Waals surface area contributed by atoms with Crippen LogP contribution in [-0.4, -0.2) is 63.2 Å². The zero-order valence-electron chi connectivity index (χ0n) is 17.6. The van der Waals surface area contributed by atoms with Crippen LogP contribution in [0.4, 0.5) is 11.4 Å². The van der Waals surface area contributed by atoms with E-state index in [1.54, 1.807) is 12.0 Å². The number of carbonyl (C=O) groups excluding carboxylic acids is 2. The van der Waals surface area contributed by atoms with Crippen LogP contribution in [0.15, 0.2) is 48.5 Å². The van der Waals surface area contributed by atoms with Crippen LogP contribution in [0, 0.1) is 0 Å². The molecule has 1 aliphatic rings. The molecule has 0 spiro atoms. The maximum Gasteiger partial charge on any atom is 0.243 e. The Balaban J connectivity index is 1.52. The van der Waals surface area contributed by atoms with Gasteiger partial charge in [-0.05, 0) is 48.9 Å². The Kier molecular flexibility index (Phi) is 7.68. The van der Waals surface area contributed by atoms with Crippen molar-refractivity contribution in [3.05, 3.63) is 54.1 Å². The number of nitrogens with zero attached hydrogens (tertiary/aromatic N) is 2. The van der Waals surface area contributed by atoms with Gasteiger partial charge in [-0.25, -0.2) is 0 Å². The zero-order valence-corrected chi connectivity index (χ0v) is 17.6. The topological polar surface area (TPSA) is 71.1 Å². The highest BCUT2D eigenvalue weighted by Gasteiger charge is 2.17. The fraction of sp³-hybridized carbons (Fsp3) is 0.391. The SMILES string of the molecule is CCN(CC(=O)Nc1ccc(N2CCOCC2)cc1)C(=O)Cc1ccc(OC)cc1. The van der Waals surface area contributed by atoms with Crippen molar-refractivity contribution in [3.63, 3.8) is 0 Å². The number of hydrogen-bond acceptors (Lipinski definition) is 5. The maximum absolute atomic E-state index is 12.6. The lowest BCUT2D eigenvalue weighted by atomic mass is 10.1. The molecular weight excluding hydrogens is 382 g/mol. The van der Waals surface area contributed by atoms with E-state index in [0.717, 1.165) is 49.0 Å². The van der Waals surface area contributed by atoms with E-state index in [-0.39, 0.29) is 24.8 Å². The van der Waals surface area contributed by atoms with Gasteiger partial charge in [-0.1, -0.05) is 12.1 Å². The second-order valence-corrected chi connectivity index (χ2v) is 7.13. The molecule has 1 heterocycles. The van der Waals surface area contributed by atoms with Gasteiger partial charge in [0, 0.05) is 31.0 Å². The first-order valence-electron chi connectivity index (χ1n) is 10.2. The van der Waals surface area contributed by atoms with Gasteiger partial charge in [0.25, 0.3) is 0 Å². The minimum absolute atomic E-state index is 0.0245. The predicted octanol–water partition coefficient (Wildman–Crippen LogP) is 2.56. The van der Waals surface area contributed by atoms with Crippen LogP contribution in [0.5, 0.6) is 5.75 Å². The Hall–Kier alpha value is -3.06. The van der Waals surface area contributed by atoms with Crippen molar-refractivity contribution < 1.29 is 19.1 Å². The standard InChI is InChI=1S/C23H29N3O4/c1-3-25(23(28)16-18-4-10-21(29-2)11-5-18)17-22(27)24-19-6-8-20(9-7-19)26-12-14-30-15-13-26/h4-11H,3,12-17H2,1-2H3,(H,24,27). The predicted molar refractivity (Wildman–Crippen MR) is 117 cm³/mol. The van der Waals surface area contributed by atoms with Crippen LogP contribution >= 0.6 is 0 Å². The van der Waals surface area contributed by atoms with Crippen LogP contribution in [0.2, 0.25) is 0 Å². The fourth-order valence-corrected chi connectivity index (χ4v) is 3.36. The minimum atomic E-state index is -0.209. The van der Waals surface area contributed by atoms with E-state index in [0.29, 0.717) is 6.54 Å². The van der Waals surface area contributed by atoms with E-state index in [4.69, 9.17) is 9.47 Å². The minimum Gasteiger partial charge on any atom is -0.497 e. The molecule has 1 N–H and O–H groups in total. The van der Waals surface area contributed by atoms with E-state index in [1.807, 2.05) is 55.5 Å². The molecule has 160 valence electrons. The molecular formula is C23H29N3O4. The number of anilines is 2. The monoisotopic (exact) mass is 411 g/mol. The molecule has 1 fully saturated rings. The first-order chi connectivity index (χ1) is 14.6. The van der Waals surface area contributed by atoms with E-state index in [9.17, 15) is 9.59 Å². The molecule has 7 heteroatoms. The first kappa shape index (κ1) is 21.6. The van der Waals surface area contributed by atoms with E-state index in [1.165, 1.54) is 0 Å². The van der Waals surface area contributed by atoms with Gasteiger partial charge in [0.1, 0.15) is 5.75 Å². The van der Waals surface area contributed by atoms with E-state index >= 15 is 0 Å². The van der Waals surface area contributed by atoms with Gasteiger partial charge in [0.15, 0.2) is 0 Å². The second-order valence-electron chi connectivity index (χ2n) is 7.13. The van der Waals surface area contributed by atoms with E-state index in [2.05, 4.69) is 10.2 Å². The molecule has 2 aromatic rings. The van der Waals surface area contributed by atoms with Crippen LogP contribution in [0.25, 0.3) is 0 Å². The second kappa shape index (κ2) is 10.6. The largest absolute Gasteiger partial charge is 0.497 e. The van der Waals surface area contributed by atoms with Crippen molar-refractivity contribution in [1.82, 2.24) is 4.90 Å². The summed E-state index contributed by atoms with van der Waals surface area (Å²) in [7, 11) is 1.60. The number of hydrogen-bond donors (Lipinski definition) is 1. The Morgan fingerprint density at radius 2 is 1.73 bits per heavy atom. The number of carbonyl (C=O) groups is 2. The van der Waals surface area contributed by atoms with Gasteiger partial charge in [-0.2, -0.15) is 0 Å². The summed E-state index contributed by atoms with van der Waals surface area (Å²) in [5.41, 5.74) is 2.72. The normalized spacial score (nSPS) is 13.6. The molecule has 2 amide bonds. The number of likely N-dealkylation sites (N-methyl/N-ethyl adjacent to an activating group) is 1. The summed E-state index contributed by atoms with van der Waals surface area (Å²) in [5.74, 6) is 0.456. The lowest BCUT2D eigenvalue weighted by Crippen LogP contribution is -2.38. The molecule has 0 unspecified atom stereocenters. The van der Waals surface area contributed by atoms with Crippen molar-refractivity contribution in [2.24, 2.45) is 0 Å². The molecule has 0 bridgehead atoms. The van der Waals surface area contributed by atoms with Gasteiger partial charge in [-0.15, -0.1) is 0 Å². The van der Waals surface area contributed by atoms with Crippen molar-refractivity contribution >= 4 is 23.2 Å². The van der Waals surface area contributed by atoms with Gasteiger partial charge in [0.2, 0.25) is 11.8 Å². The van der Waals surface area contributed by atoms with Crippen molar-refractivity contribution in [3.8, 4) is 5.75 Å². The van der Waals surface area contributed by atoms with Crippen LogP contribution in [0.3, 0.4) is 0 Å². The molecule has 1 aliphatic heterocycles. The number of amides is 2. The van der Waals surface area contributed by atoms with Crippen molar-refractivity contribution in [2.45, 2.75) is 13.3 Å². The lowest BCUT2D eigenvalue weighted by Gasteiger charge is -2.29. The summed E-state index contributed by atoms with van der Waals surface area (Å²) in [6.45, 7) is 5.57. The van der Waals surface area contributed by atoms with E-state index < -0.39 is 0 Å². The molecule has 0 aliphatic carbocycles. The molecule has 30 heavy (non-hydrogen) atoms. The molecule has 7 nitrogen and oxygen atoms in total. The number of benzene rings is 2. The molecule has 0 atom stereocenters. The summed E-state index contributed by atoms with van der Waals surface area (Å²) in [6.07, 6.45) is 0.249. The number of ether oxygens (including phenoxy) is 2. The summed E-state index contributed by atoms with van der Waals surface area (Å²) in [6, 6.07) is 15.1. The number of nitrogens with one attached hydrogen (secondary N) is 1. The molecule has 1 saturated heterocycles. The third kappa shape index (κ3) is 5.97. The number of morpholine rings is 1. The third-order valence-corrected chi connectivity index (χ3v) is 5.11. The van der Waals surface area contributed by atoms with Crippen molar-refractivity contribution in [2.75, 3.05) is 56.7 Å². The Morgan fingerprint density at radius 3 is 2.33 bits per heavy atom. The summed E-state index contributed by atoms with van der Waals surface area (Å²) >= 11 is 0. The van der Waals surface area contributed by atoms with Crippen LogP contribution in [-0.2, 0) is 20.7 Å². The highest BCUT2D eigenvalue weighted by molar-refractivity contribution is 5.94. The summed E-state index contributed by atoms with van der Waals surface area (Å²) in [4.78, 5) is 28.9. The number of methoxy groups -OCH3 is 1. The van der Waals surface area contributed by atoms with Gasteiger partial charge >= 0.3 is 0 Å². The van der Waals surface area contributed by atoms with Crippen molar-refractivity contribution in [1.29, 1.82) is 0 Å². The molecule has 2 aromatic carbocycles. The summed E-state index contributed by atoms with van der Waals surface area (Å²) < 4.78 is 10.5. The first-order valence-corrected chi connectivity index (χ1v) is 10.2. The molecule has 0 radical (unpaired) electrons. The van der Waals surface area contributed by atoms with Gasteiger partial charge in [0.05, 0.1) is 33.3 Å². The molecule has 0 aromatic heterocycles. The Labute approximate surface area is 177 Å². The summed E-state index contributed by atoms with van der Waals surface area (Å²) in [5, 5.41) is 2.88. The maximum atomic E-state index is 12.6. The highest BCUT2D eigenvalue weighted by atomic mass is 16.5. The third-order valence-electron chi connectivity index (χ3n) is 5.11. The zero-order chi connectivity index (χ0) is 21.3. The molecule has 3 rings (SSSR count).